The summed E-state index contributed by atoms with van der Waals surface area (Å²) in [6.07, 6.45) is 24.0. The molecule has 0 aliphatic heterocycles. The SMILES string of the molecule is CC#CC#CC#CC.CCCCCCCCNC(=O)CCC(NC(=O)CCCCCCCCCC[N+](C)(C)CCO)C(=O)NCCCCCCCC. The van der Waals surface area contributed by atoms with Crippen LogP contribution in [0.15, 0.2) is 0 Å². The summed E-state index contributed by atoms with van der Waals surface area (Å²) >= 11 is 0. The van der Waals surface area contributed by atoms with E-state index >= 15 is 0 Å². The molecule has 0 saturated carbocycles. The van der Waals surface area contributed by atoms with Crippen LogP contribution in [0.25, 0.3) is 0 Å². The molecule has 0 saturated heterocycles. The van der Waals surface area contributed by atoms with Crippen LogP contribution < -0.4 is 16.0 Å². The fourth-order valence-electron chi connectivity index (χ4n) is 5.73. The van der Waals surface area contributed by atoms with Crippen molar-refractivity contribution in [3.63, 3.8) is 0 Å². The molecule has 0 fully saturated rings. The number of hydrogen-bond acceptors (Lipinski definition) is 4. The summed E-state index contributed by atoms with van der Waals surface area (Å²) < 4.78 is 0.882. The van der Waals surface area contributed by atoms with E-state index in [1.165, 1.54) is 83.5 Å². The first-order valence-corrected chi connectivity index (χ1v) is 20.8. The smallest absolute Gasteiger partial charge is 0.242 e. The molecule has 4 N–H and O–H groups in total. The molecule has 8 heteroatoms. The van der Waals surface area contributed by atoms with Gasteiger partial charge in [0.25, 0.3) is 0 Å². The van der Waals surface area contributed by atoms with Gasteiger partial charge in [-0.15, -0.1) is 0 Å². The Hall–Kier alpha value is -2.99. The number of aliphatic hydroxyl groups excluding tert-OH is 1. The maximum Gasteiger partial charge on any atom is 0.242 e. The zero-order chi connectivity index (χ0) is 39.0. The second-order valence-corrected chi connectivity index (χ2v) is 14.5. The Morgan fingerprint density at radius 2 is 1.02 bits per heavy atom. The Labute approximate surface area is 320 Å². The fourth-order valence-corrected chi connectivity index (χ4v) is 5.73. The van der Waals surface area contributed by atoms with Crippen molar-refractivity contribution in [3.05, 3.63) is 0 Å². The minimum atomic E-state index is -0.664. The maximum atomic E-state index is 13.0. The van der Waals surface area contributed by atoms with Gasteiger partial charge in [0.05, 0.1) is 27.2 Å². The summed E-state index contributed by atoms with van der Waals surface area (Å²) in [4.78, 5) is 38.1. The Morgan fingerprint density at radius 3 is 1.52 bits per heavy atom. The van der Waals surface area contributed by atoms with E-state index in [1.54, 1.807) is 13.8 Å². The van der Waals surface area contributed by atoms with Crippen molar-refractivity contribution in [2.24, 2.45) is 0 Å². The van der Waals surface area contributed by atoms with Crippen LogP contribution in [0, 0.1) is 35.5 Å². The summed E-state index contributed by atoms with van der Waals surface area (Å²) in [7, 11) is 4.35. The van der Waals surface area contributed by atoms with Crippen molar-refractivity contribution >= 4 is 17.7 Å². The van der Waals surface area contributed by atoms with E-state index in [2.05, 4.69) is 79.4 Å². The van der Waals surface area contributed by atoms with Crippen LogP contribution in [0.4, 0.5) is 0 Å². The Balaban J connectivity index is 0. The average molecular weight is 728 g/mol. The molecule has 1 atom stereocenters. The lowest BCUT2D eigenvalue weighted by molar-refractivity contribution is -0.890. The van der Waals surface area contributed by atoms with E-state index in [1.807, 2.05) is 0 Å². The number of unbranched alkanes of at least 4 members (excludes halogenated alkanes) is 17. The summed E-state index contributed by atoms with van der Waals surface area (Å²) in [6, 6.07) is -0.664. The number of likely N-dealkylation sites (N-methyl/N-ethyl adjacent to an activating group) is 1. The highest BCUT2D eigenvalue weighted by Gasteiger charge is 2.21. The predicted molar refractivity (Wildman–Crippen MR) is 219 cm³/mol. The van der Waals surface area contributed by atoms with Crippen LogP contribution in [-0.4, -0.2) is 80.2 Å². The molecule has 8 nitrogen and oxygen atoms in total. The third-order valence-electron chi connectivity index (χ3n) is 9.05. The largest absolute Gasteiger partial charge is 0.391 e. The molecule has 1 unspecified atom stereocenters. The molecule has 3 amide bonds. The average Bonchev–Trinajstić information content (AvgIpc) is 3.12. The molecule has 0 spiro atoms. The second kappa shape index (κ2) is 39.2. The van der Waals surface area contributed by atoms with E-state index in [0.29, 0.717) is 25.9 Å². The van der Waals surface area contributed by atoms with E-state index in [0.717, 1.165) is 62.5 Å². The molecule has 0 aliphatic carbocycles. The van der Waals surface area contributed by atoms with Crippen molar-refractivity contribution in [2.75, 3.05) is 46.9 Å². The van der Waals surface area contributed by atoms with Crippen LogP contribution in [-0.2, 0) is 14.4 Å². The first kappa shape index (κ1) is 51.1. The van der Waals surface area contributed by atoms with Crippen molar-refractivity contribution in [3.8, 4) is 35.5 Å². The number of nitrogens with zero attached hydrogens (tertiary/aromatic N) is 1. The van der Waals surface area contributed by atoms with Crippen LogP contribution in [0.5, 0.6) is 0 Å². The second-order valence-electron chi connectivity index (χ2n) is 14.5. The predicted octanol–water partition coefficient (Wildman–Crippen LogP) is 7.82. The summed E-state index contributed by atoms with van der Waals surface area (Å²) in [5, 5.41) is 18.1. The number of carbonyl (C=O) groups excluding carboxylic acids is 3. The Morgan fingerprint density at radius 1 is 0.558 bits per heavy atom. The summed E-state index contributed by atoms with van der Waals surface area (Å²) in [5.74, 6) is 15.2. The van der Waals surface area contributed by atoms with Crippen LogP contribution in [0.2, 0.25) is 0 Å². The third kappa shape index (κ3) is 38.2. The van der Waals surface area contributed by atoms with Crippen LogP contribution >= 0.6 is 0 Å². The Kier molecular flexibility index (Phi) is 38.6. The van der Waals surface area contributed by atoms with E-state index in [4.69, 9.17) is 5.11 Å². The molecule has 0 bridgehead atoms. The van der Waals surface area contributed by atoms with E-state index < -0.39 is 6.04 Å². The molecule has 0 radical (unpaired) electrons. The first-order valence-electron chi connectivity index (χ1n) is 20.8. The van der Waals surface area contributed by atoms with E-state index in [9.17, 15) is 14.4 Å². The lowest BCUT2D eigenvalue weighted by atomic mass is 10.1. The molecule has 0 aromatic heterocycles. The lowest BCUT2D eigenvalue weighted by Crippen LogP contribution is -2.47. The zero-order valence-electron chi connectivity index (χ0n) is 34.5. The molecule has 0 aliphatic rings. The normalized spacial score (nSPS) is 10.9. The van der Waals surface area contributed by atoms with Gasteiger partial charge in [-0.25, -0.2) is 0 Å². The highest BCUT2D eigenvalue weighted by Crippen LogP contribution is 2.12. The Bertz CT molecular complexity index is 1050. The van der Waals surface area contributed by atoms with Crippen LogP contribution in [0.1, 0.15) is 175 Å². The number of rotatable bonds is 32. The molecule has 0 rings (SSSR count). The first-order chi connectivity index (χ1) is 25.2. The van der Waals surface area contributed by atoms with Gasteiger partial charge in [0.15, 0.2) is 0 Å². The topological polar surface area (TPSA) is 108 Å². The van der Waals surface area contributed by atoms with Crippen molar-refractivity contribution in [1.82, 2.24) is 16.0 Å². The summed E-state index contributed by atoms with van der Waals surface area (Å²) in [6.45, 7) is 11.4. The lowest BCUT2D eigenvalue weighted by Gasteiger charge is -2.28. The third-order valence-corrected chi connectivity index (χ3v) is 9.05. The van der Waals surface area contributed by atoms with Gasteiger partial charge in [-0.1, -0.05) is 122 Å². The number of nitrogens with one attached hydrogen (secondary N) is 3. The quantitative estimate of drug-likeness (QED) is 0.0322. The monoisotopic (exact) mass is 728 g/mol. The van der Waals surface area contributed by atoms with Gasteiger partial charge < -0.3 is 25.5 Å². The highest BCUT2D eigenvalue weighted by atomic mass is 16.3. The molecular weight excluding hydrogens is 649 g/mol. The van der Waals surface area contributed by atoms with Crippen LogP contribution in [0.3, 0.4) is 0 Å². The van der Waals surface area contributed by atoms with Crippen molar-refractivity contribution in [1.29, 1.82) is 0 Å². The van der Waals surface area contributed by atoms with Crippen molar-refractivity contribution < 1.29 is 24.0 Å². The van der Waals surface area contributed by atoms with Gasteiger partial charge in [0.2, 0.25) is 17.7 Å². The molecule has 52 heavy (non-hydrogen) atoms. The number of aliphatic hydroxyl groups is 1. The van der Waals surface area contributed by atoms with Gasteiger partial charge in [0, 0.05) is 25.9 Å². The molecule has 298 valence electrons. The van der Waals surface area contributed by atoms with Gasteiger partial charge in [-0.2, -0.15) is 0 Å². The number of quaternary nitrogens is 1. The minimum absolute atomic E-state index is 0.0468. The minimum Gasteiger partial charge on any atom is -0.391 e. The molecule has 0 aromatic carbocycles. The number of carbonyl (C=O) groups is 3. The highest BCUT2D eigenvalue weighted by molar-refractivity contribution is 5.88. The van der Waals surface area contributed by atoms with Gasteiger partial charge in [-0.3, -0.25) is 14.4 Å². The number of hydrogen-bond donors (Lipinski definition) is 4. The standard InChI is InChI=1S/C36H72N4O4.C8H6/c1-5-7-9-11-18-22-28-37-34(42)27-26-33(36(44)38-29-23-19-12-10-8-6-2)39-35(43)25-21-17-15-13-14-16-20-24-30-40(3,4)31-32-41;1-3-5-7-8-6-4-2/h33,41H,5-32H2,1-4H3,(H2-,37,38,39,42,43,44);1-2H3/p+1. The zero-order valence-corrected chi connectivity index (χ0v) is 34.5. The van der Waals surface area contributed by atoms with Gasteiger partial charge in [0.1, 0.15) is 12.6 Å². The number of amides is 3. The molecule has 0 heterocycles. The van der Waals surface area contributed by atoms with Gasteiger partial charge in [-0.05, 0) is 76.1 Å². The van der Waals surface area contributed by atoms with Crippen molar-refractivity contribution in [2.45, 2.75) is 181 Å². The molecule has 0 aromatic rings. The maximum absolute atomic E-state index is 13.0. The fraction of sp³-hybridized carbons (Fsp3) is 0.795. The summed E-state index contributed by atoms with van der Waals surface area (Å²) in [5.41, 5.74) is 0. The van der Waals surface area contributed by atoms with Gasteiger partial charge >= 0.3 is 0 Å². The molecular formula is C44H79N4O4+. The van der Waals surface area contributed by atoms with E-state index in [-0.39, 0.29) is 30.7 Å².